The van der Waals surface area contributed by atoms with Crippen LogP contribution >= 0.6 is 11.6 Å². The summed E-state index contributed by atoms with van der Waals surface area (Å²) in [4.78, 5) is 29.8. The van der Waals surface area contributed by atoms with Crippen LogP contribution in [-0.4, -0.2) is 71.6 Å². The Labute approximate surface area is 313 Å². The fourth-order valence-electron chi connectivity index (χ4n) is 8.35. The number of hydrogen-bond donors (Lipinski definition) is 1. The second kappa shape index (κ2) is 15.0. The molecule has 2 amide bonds. The topological polar surface area (TPSA) is 124 Å². The van der Waals surface area contributed by atoms with Gasteiger partial charge in [0.1, 0.15) is 21.2 Å². The van der Waals surface area contributed by atoms with Gasteiger partial charge in [-0.3, -0.25) is 14.3 Å². The first kappa shape index (κ1) is 37.3. The molecule has 4 aliphatic rings. The molecule has 2 aliphatic carbocycles. The van der Waals surface area contributed by atoms with E-state index in [-0.39, 0.29) is 50.8 Å². The molecule has 1 spiro atoms. The number of nitrogens with one attached hydrogen (secondary N) is 1. The number of aromatic nitrogens is 2. The van der Waals surface area contributed by atoms with Crippen molar-refractivity contribution in [3.05, 3.63) is 82.0 Å². The molecule has 1 aromatic heterocycles. The summed E-state index contributed by atoms with van der Waals surface area (Å²) in [7, 11) is -0.910. The predicted molar refractivity (Wildman–Crippen MR) is 197 cm³/mol. The fourth-order valence-corrected chi connectivity index (χ4v) is 10.4. The molecule has 0 saturated heterocycles. The zero-order chi connectivity index (χ0) is 37.5. The molecular weight excluding hydrogens is 728 g/mol. The summed E-state index contributed by atoms with van der Waals surface area (Å²) >= 11 is 6.44. The van der Waals surface area contributed by atoms with E-state index in [0.717, 1.165) is 44.0 Å². The smallest absolute Gasteiger partial charge is 0.333 e. The Bertz CT molecular complexity index is 2050. The van der Waals surface area contributed by atoms with Gasteiger partial charge >= 0.3 is 6.55 Å². The summed E-state index contributed by atoms with van der Waals surface area (Å²) in [6.45, 7) is 0.616. The van der Waals surface area contributed by atoms with Crippen molar-refractivity contribution in [2.75, 3.05) is 44.6 Å². The number of alkyl halides is 2. The molecule has 284 valence electrons. The lowest BCUT2D eigenvalue weighted by atomic mass is 9.68. The Morgan fingerprint density at radius 1 is 1.19 bits per heavy atom. The van der Waals surface area contributed by atoms with Gasteiger partial charge in [0.15, 0.2) is 0 Å². The van der Waals surface area contributed by atoms with Crippen molar-refractivity contribution >= 4 is 39.0 Å². The van der Waals surface area contributed by atoms with Crippen LogP contribution in [0.15, 0.2) is 59.1 Å². The zero-order valence-electron chi connectivity index (χ0n) is 29.9. The first-order valence-electron chi connectivity index (χ1n) is 17.9. The second-order valence-electron chi connectivity index (χ2n) is 14.7. The van der Waals surface area contributed by atoms with Gasteiger partial charge in [0, 0.05) is 42.4 Å². The van der Waals surface area contributed by atoms with E-state index in [1.807, 2.05) is 25.1 Å². The number of hydrogen-bond acceptors (Lipinski definition) is 8. The van der Waals surface area contributed by atoms with E-state index in [0.29, 0.717) is 42.8 Å². The minimum atomic E-state index is -3.80. The van der Waals surface area contributed by atoms with Gasteiger partial charge in [0.2, 0.25) is 5.88 Å². The Morgan fingerprint density at radius 3 is 2.75 bits per heavy atom. The number of carbonyl (C=O) groups is 2. The summed E-state index contributed by atoms with van der Waals surface area (Å²) in [5.41, 5.74) is 2.67. The van der Waals surface area contributed by atoms with E-state index in [9.17, 15) is 22.6 Å². The van der Waals surface area contributed by atoms with Crippen molar-refractivity contribution in [3.63, 3.8) is 0 Å². The molecule has 1 saturated carbocycles. The zero-order valence-corrected chi connectivity index (χ0v) is 31.5. The summed E-state index contributed by atoms with van der Waals surface area (Å²) in [5.74, 6) is -1.44. The maximum Gasteiger partial charge on any atom is 0.333 e. The number of methoxy groups -OCH3 is 2. The highest BCUT2D eigenvalue weighted by Gasteiger charge is 2.44. The Balaban J connectivity index is 1.30. The minimum Gasteiger partial charge on any atom is -0.490 e. The van der Waals surface area contributed by atoms with Crippen LogP contribution in [0.4, 0.5) is 14.5 Å². The monoisotopic (exact) mass is 771 g/mol. The molecule has 3 aromatic rings. The van der Waals surface area contributed by atoms with Gasteiger partial charge in [-0.15, -0.1) is 9.46 Å². The molecule has 2 aliphatic heterocycles. The number of carbonyl (C=O) groups excluding carboxylic acids is 2. The maximum atomic E-state index is 14.6. The van der Waals surface area contributed by atoms with Gasteiger partial charge in [-0.2, -0.15) is 8.78 Å². The number of benzene rings is 2. The lowest BCUT2D eigenvalue weighted by molar-refractivity contribution is 0.0131. The predicted octanol–water partition coefficient (Wildman–Crippen LogP) is 7.00. The SMILES string of the molecule is COc1nn(C(F)F)cc1C(=O)NS1(=O)=NC(=O)c2ccc3c(c2)N(C[C@@H]2CC[C@H]2[C@@H](OC)/C=C\C[C@H](C)C1)C[C@@]1(CCCc2cc(Cl)ccc21)CO3. The van der Waals surface area contributed by atoms with Crippen molar-refractivity contribution in [2.24, 2.45) is 22.1 Å². The average Bonchev–Trinajstić information content (AvgIpc) is 3.50. The van der Waals surface area contributed by atoms with Crippen molar-refractivity contribution < 1.29 is 36.8 Å². The molecule has 0 radical (unpaired) electrons. The number of rotatable bonds is 5. The van der Waals surface area contributed by atoms with Gasteiger partial charge in [-0.1, -0.05) is 36.7 Å². The third-order valence-electron chi connectivity index (χ3n) is 11.1. The number of allylic oxidation sites excluding steroid dienone is 1. The molecule has 7 rings (SSSR count). The molecule has 6 atom stereocenters. The molecule has 2 bridgehead atoms. The van der Waals surface area contributed by atoms with Crippen molar-refractivity contribution in [1.29, 1.82) is 0 Å². The molecular formula is C38H44ClF2N5O6S. The standard InChI is InChI=1S/C38H44ClF2N5O6S/c1-23-6-4-8-32(50-2)28-12-9-26(28)18-45-21-38(15-5-7-24-16-27(39)11-13-30(24)38)22-52-33-14-10-25(17-31(33)45)34(47)43-53(49,20-23)44-35(48)29-19-46(37(40)41)42-36(29)51-3/h4,8,10-11,13-14,16-17,19,23,26,28,32,37H,5-7,9,12,15,18,20-22H2,1-3H3,(H,43,44,47,48,49)/b8-4-/t23-,26-,28+,32-,38-,53?/m0/s1. The van der Waals surface area contributed by atoms with E-state index < -0.39 is 28.3 Å². The quantitative estimate of drug-likeness (QED) is 0.275. The van der Waals surface area contributed by atoms with Gasteiger partial charge in [-0.05, 0) is 97.7 Å². The molecule has 11 nitrogen and oxygen atoms in total. The number of anilines is 1. The Hall–Kier alpha value is -4.01. The Kier molecular flexibility index (Phi) is 10.6. The van der Waals surface area contributed by atoms with Gasteiger partial charge in [-0.25, -0.2) is 8.89 Å². The van der Waals surface area contributed by atoms with E-state index in [2.05, 4.69) is 31.2 Å². The largest absolute Gasteiger partial charge is 0.490 e. The van der Waals surface area contributed by atoms with Crippen LogP contribution in [0.1, 0.15) is 77.4 Å². The second-order valence-corrected chi connectivity index (χ2v) is 17.1. The number of nitrogens with zero attached hydrogens (tertiary/aromatic N) is 4. The first-order valence-corrected chi connectivity index (χ1v) is 20.0. The van der Waals surface area contributed by atoms with E-state index in [4.69, 9.17) is 25.8 Å². The molecule has 53 heavy (non-hydrogen) atoms. The number of fused-ring (bicyclic) bond motifs is 4. The molecule has 1 fully saturated rings. The fraction of sp³-hybridized carbons (Fsp3) is 0.500. The number of aryl methyl sites for hydroxylation is 1. The van der Waals surface area contributed by atoms with Crippen LogP contribution in [0.25, 0.3) is 0 Å². The summed E-state index contributed by atoms with van der Waals surface area (Å²) < 4.78 is 65.9. The van der Waals surface area contributed by atoms with Crippen LogP contribution in [0.2, 0.25) is 5.02 Å². The highest BCUT2D eigenvalue weighted by atomic mass is 35.5. The molecule has 3 heterocycles. The van der Waals surface area contributed by atoms with E-state index >= 15 is 0 Å². The highest BCUT2D eigenvalue weighted by Crippen LogP contribution is 2.47. The summed E-state index contributed by atoms with van der Waals surface area (Å²) in [6, 6.07) is 11.2. The van der Waals surface area contributed by atoms with Crippen LogP contribution in [0.3, 0.4) is 0 Å². The molecule has 2 aromatic carbocycles. The van der Waals surface area contributed by atoms with E-state index in [1.165, 1.54) is 18.2 Å². The van der Waals surface area contributed by atoms with Gasteiger partial charge in [0.25, 0.3) is 11.8 Å². The van der Waals surface area contributed by atoms with Crippen molar-refractivity contribution in [3.8, 4) is 11.6 Å². The molecule has 1 N–H and O–H groups in total. The number of ether oxygens (including phenoxy) is 3. The summed E-state index contributed by atoms with van der Waals surface area (Å²) in [6.07, 6.45) is 10.1. The lowest BCUT2D eigenvalue weighted by Crippen LogP contribution is -2.49. The third-order valence-corrected chi connectivity index (χ3v) is 13.3. The normalized spacial score (nSPS) is 29.2. The van der Waals surface area contributed by atoms with Gasteiger partial charge in [0.05, 0.1) is 31.3 Å². The van der Waals surface area contributed by atoms with Crippen LogP contribution in [0.5, 0.6) is 11.6 Å². The number of halogens is 3. The summed E-state index contributed by atoms with van der Waals surface area (Å²) in [5, 5.41) is 4.30. The van der Waals surface area contributed by atoms with Crippen molar-refractivity contribution in [2.45, 2.75) is 63.5 Å². The lowest BCUT2D eigenvalue weighted by Gasteiger charge is -2.46. The Morgan fingerprint density at radius 2 is 2.02 bits per heavy atom. The maximum absolute atomic E-state index is 14.6. The molecule has 1 unspecified atom stereocenters. The van der Waals surface area contributed by atoms with Gasteiger partial charge < -0.3 is 19.1 Å². The van der Waals surface area contributed by atoms with Crippen LogP contribution in [0, 0.1) is 17.8 Å². The average molecular weight is 772 g/mol. The number of amides is 2. The van der Waals surface area contributed by atoms with Crippen molar-refractivity contribution in [1.82, 2.24) is 14.5 Å². The first-order chi connectivity index (χ1) is 25.4. The molecule has 15 heteroatoms. The van der Waals surface area contributed by atoms with Crippen LogP contribution in [-0.2, 0) is 26.5 Å². The van der Waals surface area contributed by atoms with E-state index in [1.54, 1.807) is 25.3 Å². The minimum absolute atomic E-state index is 0.136. The highest BCUT2D eigenvalue weighted by molar-refractivity contribution is 7.92. The van der Waals surface area contributed by atoms with Crippen LogP contribution < -0.4 is 19.1 Å². The third kappa shape index (κ3) is 7.54.